The average Bonchev–Trinajstić information content (AvgIpc) is 2.54. The van der Waals surface area contributed by atoms with Crippen LogP contribution in [-0.2, 0) is 0 Å². The van der Waals surface area contributed by atoms with Crippen molar-refractivity contribution in [3.05, 3.63) is 36.7 Å². The predicted octanol–water partition coefficient (Wildman–Crippen LogP) is 4.15. The third kappa shape index (κ3) is 4.98. The highest BCUT2D eigenvalue weighted by molar-refractivity contribution is 5.55. The third-order valence-electron chi connectivity index (χ3n) is 3.32. The number of aromatic hydroxyl groups is 1. The number of rotatable bonds is 8. The van der Waals surface area contributed by atoms with E-state index in [4.69, 9.17) is 4.74 Å². The monoisotopic (exact) mass is 304 g/mol. The molecule has 1 heterocycles. The minimum absolute atomic E-state index is 0.201. The van der Waals surface area contributed by atoms with Crippen LogP contribution in [0.2, 0.25) is 0 Å². The molecule has 0 bridgehead atoms. The van der Waals surface area contributed by atoms with E-state index in [-0.39, 0.29) is 5.75 Å². The summed E-state index contributed by atoms with van der Waals surface area (Å²) in [5.74, 6) is 1.29. The van der Waals surface area contributed by atoms with Crippen molar-refractivity contribution >= 4 is 0 Å². The number of alkyl halides is 1. The first-order chi connectivity index (χ1) is 10.7. The zero-order valence-corrected chi connectivity index (χ0v) is 12.7. The molecule has 1 unspecified atom stereocenters. The maximum Gasteiger partial charge on any atom is 0.159 e. The van der Waals surface area contributed by atoms with Crippen LogP contribution in [0.3, 0.4) is 0 Å². The summed E-state index contributed by atoms with van der Waals surface area (Å²) >= 11 is 0. The van der Waals surface area contributed by atoms with Crippen LogP contribution in [-0.4, -0.2) is 27.9 Å². The van der Waals surface area contributed by atoms with Gasteiger partial charge in [0.15, 0.2) is 11.6 Å². The fourth-order valence-corrected chi connectivity index (χ4v) is 2.02. The number of hydrogen-bond donors (Lipinski definition) is 1. The Hall–Kier alpha value is -2.17. The minimum Gasteiger partial charge on any atom is -0.508 e. The van der Waals surface area contributed by atoms with Gasteiger partial charge in [-0.15, -0.1) is 0 Å². The lowest BCUT2D eigenvalue weighted by Gasteiger charge is -2.09. The van der Waals surface area contributed by atoms with E-state index < -0.39 is 6.17 Å². The molecule has 5 heteroatoms. The molecule has 1 aromatic carbocycles. The van der Waals surface area contributed by atoms with Crippen molar-refractivity contribution in [1.29, 1.82) is 0 Å². The van der Waals surface area contributed by atoms with Crippen LogP contribution < -0.4 is 4.74 Å². The lowest BCUT2D eigenvalue weighted by atomic mass is 10.1. The van der Waals surface area contributed by atoms with E-state index >= 15 is 0 Å². The maximum absolute atomic E-state index is 13.5. The third-order valence-corrected chi connectivity index (χ3v) is 3.32. The van der Waals surface area contributed by atoms with Gasteiger partial charge in [0, 0.05) is 12.0 Å². The second-order valence-corrected chi connectivity index (χ2v) is 5.17. The lowest BCUT2D eigenvalue weighted by Crippen LogP contribution is -2.08. The Kier molecular flexibility index (Phi) is 6.13. The van der Waals surface area contributed by atoms with Gasteiger partial charge >= 0.3 is 0 Å². The SMILES string of the molecule is CCCCC(F)CCOc1cnc(-c2ccc(O)cc2)nc1. The van der Waals surface area contributed by atoms with E-state index in [9.17, 15) is 9.50 Å². The molecule has 2 rings (SSSR count). The number of phenolic OH excluding ortho intramolecular Hbond substituents is 1. The molecule has 0 spiro atoms. The van der Waals surface area contributed by atoms with E-state index in [0.29, 0.717) is 31.0 Å². The molecule has 0 fully saturated rings. The Bertz CT molecular complexity index is 558. The molecule has 0 radical (unpaired) electrons. The predicted molar refractivity (Wildman–Crippen MR) is 83.7 cm³/mol. The number of phenols is 1. The Morgan fingerprint density at radius 1 is 1.14 bits per heavy atom. The summed E-state index contributed by atoms with van der Waals surface area (Å²) in [4.78, 5) is 8.43. The molecular formula is C17H21FN2O2. The average molecular weight is 304 g/mol. The minimum atomic E-state index is -0.808. The summed E-state index contributed by atoms with van der Waals surface area (Å²) in [6, 6.07) is 6.65. The molecule has 1 atom stereocenters. The van der Waals surface area contributed by atoms with Crippen molar-refractivity contribution in [2.24, 2.45) is 0 Å². The van der Waals surface area contributed by atoms with Gasteiger partial charge < -0.3 is 9.84 Å². The van der Waals surface area contributed by atoms with Gasteiger partial charge in [-0.05, 0) is 30.7 Å². The van der Waals surface area contributed by atoms with Gasteiger partial charge in [0.1, 0.15) is 11.9 Å². The van der Waals surface area contributed by atoms with Gasteiger partial charge in [0.2, 0.25) is 0 Å². The van der Waals surface area contributed by atoms with Gasteiger partial charge in [0.25, 0.3) is 0 Å². The Morgan fingerprint density at radius 3 is 2.45 bits per heavy atom. The summed E-state index contributed by atoms with van der Waals surface area (Å²) in [6.45, 7) is 2.38. The van der Waals surface area contributed by atoms with E-state index in [0.717, 1.165) is 18.4 Å². The van der Waals surface area contributed by atoms with Crippen LogP contribution in [0, 0.1) is 0 Å². The number of nitrogens with zero attached hydrogens (tertiary/aromatic N) is 2. The molecular weight excluding hydrogens is 283 g/mol. The number of benzene rings is 1. The Labute approximate surface area is 130 Å². The molecule has 4 nitrogen and oxygen atoms in total. The first kappa shape index (κ1) is 16.2. The van der Waals surface area contributed by atoms with Gasteiger partial charge in [-0.3, -0.25) is 0 Å². The quantitative estimate of drug-likeness (QED) is 0.796. The summed E-state index contributed by atoms with van der Waals surface area (Å²) in [7, 11) is 0. The van der Waals surface area contributed by atoms with Crippen molar-refractivity contribution in [2.45, 2.75) is 38.8 Å². The fourth-order valence-electron chi connectivity index (χ4n) is 2.02. The molecule has 0 aliphatic carbocycles. The van der Waals surface area contributed by atoms with Gasteiger partial charge in [-0.25, -0.2) is 14.4 Å². The first-order valence-corrected chi connectivity index (χ1v) is 7.57. The maximum atomic E-state index is 13.5. The molecule has 118 valence electrons. The highest BCUT2D eigenvalue weighted by atomic mass is 19.1. The highest BCUT2D eigenvalue weighted by Crippen LogP contribution is 2.19. The molecule has 0 amide bonds. The molecule has 0 saturated carbocycles. The largest absolute Gasteiger partial charge is 0.508 e. The van der Waals surface area contributed by atoms with Crippen LogP contribution in [0.15, 0.2) is 36.7 Å². The van der Waals surface area contributed by atoms with Crippen molar-refractivity contribution in [3.8, 4) is 22.9 Å². The normalized spacial score (nSPS) is 12.1. The molecule has 0 saturated heterocycles. The number of halogens is 1. The first-order valence-electron chi connectivity index (χ1n) is 7.57. The standard InChI is InChI=1S/C17H21FN2O2/c1-2-3-4-14(18)9-10-22-16-11-19-17(20-12-16)13-5-7-15(21)8-6-13/h5-8,11-12,14,21H,2-4,9-10H2,1H3. The van der Waals surface area contributed by atoms with Crippen molar-refractivity contribution in [1.82, 2.24) is 9.97 Å². The summed E-state index contributed by atoms with van der Waals surface area (Å²) in [6.07, 6.45) is 5.25. The summed E-state index contributed by atoms with van der Waals surface area (Å²) < 4.78 is 18.9. The topological polar surface area (TPSA) is 55.2 Å². The molecule has 1 N–H and O–H groups in total. The molecule has 1 aromatic heterocycles. The number of aromatic nitrogens is 2. The van der Waals surface area contributed by atoms with Crippen LogP contribution in [0.4, 0.5) is 4.39 Å². The zero-order valence-electron chi connectivity index (χ0n) is 12.7. The molecule has 22 heavy (non-hydrogen) atoms. The van der Waals surface area contributed by atoms with Gasteiger partial charge in [-0.1, -0.05) is 19.8 Å². The van der Waals surface area contributed by atoms with Crippen LogP contribution in [0.1, 0.15) is 32.6 Å². The number of unbranched alkanes of at least 4 members (excludes halogenated alkanes) is 1. The number of ether oxygens (including phenoxy) is 1. The van der Waals surface area contributed by atoms with Crippen molar-refractivity contribution in [3.63, 3.8) is 0 Å². The smallest absolute Gasteiger partial charge is 0.159 e. The fraction of sp³-hybridized carbons (Fsp3) is 0.412. The Balaban J connectivity index is 1.83. The van der Waals surface area contributed by atoms with Crippen LogP contribution in [0.5, 0.6) is 11.5 Å². The highest BCUT2D eigenvalue weighted by Gasteiger charge is 2.07. The van der Waals surface area contributed by atoms with E-state index in [1.807, 2.05) is 0 Å². The van der Waals surface area contributed by atoms with E-state index in [1.165, 1.54) is 0 Å². The van der Waals surface area contributed by atoms with Gasteiger partial charge in [-0.2, -0.15) is 0 Å². The second kappa shape index (κ2) is 8.32. The summed E-state index contributed by atoms with van der Waals surface area (Å²) in [5.41, 5.74) is 0.813. The van der Waals surface area contributed by atoms with Crippen molar-refractivity contribution < 1.29 is 14.2 Å². The van der Waals surface area contributed by atoms with Gasteiger partial charge in [0.05, 0.1) is 19.0 Å². The molecule has 0 aliphatic heterocycles. The number of hydrogen-bond acceptors (Lipinski definition) is 4. The second-order valence-electron chi connectivity index (χ2n) is 5.17. The molecule has 2 aromatic rings. The van der Waals surface area contributed by atoms with E-state index in [2.05, 4.69) is 16.9 Å². The van der Waals surface area contributed by atoms with E-state index in [1.54, 1.807) is 36.7 Å². The Morgan fingerprint density at radius 2 is 1.82 bits per heavy atom. The molecule has 0 aliphatic rings. The van der Waals surface area contributed by atoms with Crippen LogP contribution in [0.25, 0.3) is 11.4 Å². The van der Waals surface area contributed by atoms with Crippen LogP contribution >= 0.6 is 0 Å². The summed E-state index contributed by atoms with van der Waals surface area (Å²) in [5, 5.41) is 9.25. The lowest BCUT2D eigenvalue weighted by molar-refractivity contribution is 0.222. The van der Waals surface area contributed by atoms with Crippen molar-refractivity contribution in [2.75, 3.05) is 6.61 Å². The zero-order chi connectivity index (χ0) is 15.8.